The number of carbonyl (C=O) groups excluding carboxylic acids is 1. The van der Waals surface area contributed by atoms with Gasteiger partial charge in [-0.25, -0.2) is 29.1 Å². The van der Waals surface area contributed by atoms with Gasteiger partial charge in [0.05, 0.1) is 5.69 Å². The number of ether oxygens (including phenoxy) is 1. The zero-order valence-electron chi connectivity index (χ0n) is 26.4. The Labute approximate surface area is 270 Å². The van der Waals surface area contributed by atoms with E-state index in [0.29, 0.717) is 59.8 Å². The third kappa shape index (κ3) is 6.21. The molecule has 0 spiro atoms. The van der Waals surface area contributed by atoms with Crippen LogP contribution in [0.1, 0.15) is 38.3 Å². The van der Waals surface area contributed by atoms with E-state index in [1.165, 1.54) is 23.5 Å². The van der Waals surface area contributed by atoms with Gasteiger partial charge in [0.2, 0.25) is 5.95 Å². The molecule has 0 atom stereocenters. The second kappa shape index (κ2) is 12.4. The van der Waals surface area contributed by atoms with Gasteiger partial charge >= 0.3 is 6.09 Å². The molecule has 0 N–H and O–H groups in total. The van der Waals surface area contributed by atoms with E-state index in [4.69, 9.17) is 14.7 Å². The van der Waals surface area contributed by atoms with Crippen molar-refractivity contribution in [2.24, 2.45) is 0 Å². The van der Waals surface area contributed by atoms with Gasteiger partial charge in [-0.1, -0.05) is 18.3 Å². The van der Waals surface area contributed by atoms with Gasteiger partial charge in [-0.2, -0.15) is 5.26 Å². The van der Waals surface area contributed by atoms with E-state index in [9.17, 15) is 14.4 Å². The average Bonchev–Trinajstić information content (AvgIpc) is 3.66. The molecule has 1 aliphatic rings. The van der Waals surface area contributed by atoms with Crippen LogP contribution in [0.2, 0.25) is 0 Å². The molecule has 1 fully saturated rings. The van der Waals surface area contributed by atoms with Crippen LogP contribution in [-0.2, 0) is 11.2 Å². The van der Waals surface area contributed by atoms with Crippen LogP contribution in [0.5, 0.6) is 0 Å². The number of rotatable bonds is 6. The molecular formula is C33H34FN9O2S. The number of halogens is 1. The fourth-order valence-electron chi connectivity index (χ4n) is 5.32. The number of imidazole rings is 1. The number of amides is 1. The molecule has 0 aliphatic carbocycles. The summed E-state index contributed by atoms with van der Waals surface area (Å²) in [5, 5.41) is 10.5. The number of thiazole rings is 1. The summed E-state index contributed by atoms with van der Waals surface area (Å²) in [7, 11) is 1.91. The highest BCUT2D eigenvalue weighted by atomic mass is 32.1. The lowest BCUT2D eigenvalue weighted by atomic mass is 10.1. The maximum Gasteiger partial charge on any atom is 0.410 e. The van der Waals surface area contributed by atoms with Gasteiger partial charge in [-0.05, 0) is 63.6 Å². The molecule has 46 heavy (non-hydrogen) atoms. The van der Waals surface area contributed by atoms with E-state index in [2.05, 4.69) is 20.9 Å². The molecule has 0 unspecified atom stereocenters. The zero-order chi connectivity index (χ0) is 32.6. The molecule has 236 valence electrons. The highest BCUT2D eigenvalue weighted by molar-refractivity contribution is 7.16. The molecule has 11 nitrogen and oxygen atoms in total. The lowest BCUT2D eigenvalue weighted by Gasteiger charge is -2.35. The van der Waals surface area contributed by atoms with Crippen molar-refractivity contribution < 1.29 is 13.9 Å². The molecule has 4 aromatic heterocycles. The SMILES string of the molecule is CCc1nc2ccc(-c3cnc(N4CCN(C(=O)OC(C)(C)C)CC4)nc3)cn2c1N(C)c1nc(-c2ccc(F)cc2)c(C#N)s1. The number of carbonyl (C=O) groups is 1. The standard InChI is InChI=1S/C33H34FN9O2S/c1-6-25-29(40(5)31-39-28(26(17-35)46-31)21-7-10-24(34)11-8-21)43-20-22(9-12-27(43)38-25)23-18-36-30(37-19-23)41-13-15-42(16-14-41)32(44)45-33(2,3)4/h7-12,18-20H,6,13-16H2,1-5H3. The first kappa shape index (κ1) is 30.9. The van der Waals surface area contributed by atoms with E-state index in [1.54, 1.807) is 29.4 Å². The summed E-state index contributed by atoms with van der Waals surface area (Å²) in [5.74, 6) is 1.10. The number of nitrogens with zero attached hydrogens (tertiary/aromatic N) is 9. The predicted molar refractivity (Wildman–Crippen MR) is 176 cm³/mol. The quantitative estimate of drug-likeness (QED) is 0.211. The summed E-state index contributed by atoms with van der Waals surface area (Å²) >= 11 is 1.28. The number of benzene rings is 1. The summed E-state index contributed by atoms with van der Waals surface area (Å²) < 4.78 is 21.1. The Morgan fingerprint density at radius 2 is 1.70 bits per heavy atom. The van der Waals surface area contributed by atoms with Crippen LogP contribution in [0.25, 0.3) is 28.0 Å². The van der Waals surface area contributed by atoms with Crippen molar-refractivity contribution in [3.8, 4) is 28.5 Å². The molecule has 0 radical (unpaired) electrons. The highest BCUT2D eigenvalue weighted by Gasteiger charge is 2.27. The summed E-state index contributed by atoms with van der Waals surface area (Å²) in [5.41, 5.74) is 4.08. The van der Waals surface area contributed by atoms with Crippen LogP contribution in [0.4, 0.5) is 26.1 Å². The van der Waals surface area contributed by atoms with Gasteiger partial charge in [0.1, 0.15) is 39.5 Å². The van der Waals surface area contributed by atoms with Gasteiger partial charge < -0.3 is 19.4 Å². The van der Waals surface area contributed by atoms with Crippen molar-refractivity contribution >= 4 is 40.0 Å². The molecule has 1 saturated heterocycles. The van der Waals surface area contributed by atoms with E-state index < -0.39 is 5.60 Å². The van der Waals surface area contributed by atoms with E-state index in [-0.39, 0.29) is 11.9 Å². The van der Waals surface area contributed by atoms with Crippen LogP contribution in [0, 0.1) is 17.1 Å². The minimum Gasteiger partial charge on any atom is -0.444 e. The Kier molecular flexibility index (Phi) is 8.31. The monoisotopic (exact) mass is 639 g/mol. The van der Waals surface area contributed by atoms with Gasteiger partial charge in [0, 0.05) is 68.5 Å². The molecular weight excluding hydrogens is 605 g/mol. The van der Waals surface area contributed by atoms with Gasteiger partial charge in [-0.15, -0.1) is 0 Å². The molecule has 5 heterocycles. The number of nitriles is 1. The minimum atomic E-state index is -0.530. The van der Waals surface area contributed by atoms with Crippen LogP contribution in [0.15, 0.2) is 55.0 Å². The Morgan fingerprint density at radius 1 is 1.02 bits per heavy atom. The van der Waals surface area contributed by atoms with Crippen molar-refractivity contribution in [3.63, 3.8) is 0 Å². The Balaban J connectivity index is 1.24. The van der Waals surface area contributed by atoms with Crippen LogP contribution in [-0.4, -0.2) is 74.2 Å². The Morgan fingerprint density at radius 3 is 2.33 bits per heavy atom. The van der Waals surface area contributed by atoms with Gasteiger partial charge in [0.15, 0.2) is 5.13 Å². The second-order valence-corrected chi connectivity index (χ2v) is 12.9. The highest BCUT2D eigenvalue weighted by Crippen LogP contribution is 2.37. The molecule has 1 aliphatic heterocycles. The van der Waals surface area contributed by atoms with Crippen molar-refractivity contribution in [2.75, 3.05) is 43.0 Å². The fourth-order valence-corrected chi connectivity index (χ4v) is 6.16. The normalized spacial score (nSPS) is 13.6. The van der Waals surface area contributed by atoms with Gasteiger partial charge in [0.25, 0.3) is 0 Å². The van der Waals surface area contributed by atoms with E-state index >= 15 is 0 Å². The topological polar surface area (TPSA) is 116 Å². The van der Waals surface area contributed by atoms with Crippen molar-refractivity contribution in [2.45, 2.75) is 39.7 Å². The summed E-state index contributed by atoms with van der Waals surface area (Å²) in [6.45, 7) is 9.93. The van der Waals surface area contributed by atoms with Crippen molar-refractivity contribution in [1.29, 1.82) is 5.26 Å². The Hall–Kier alpha value is -5.09. The summed E-state index contributed by atoms with van der Waals surface area (Å²) in [6.07, 6.45) is 6.00. The first-order chi connectivity index (χ1) is 22.0. The maximum atomic E-state index is 13.5. The number of anilines is 3. The minimum absolute atomic E-state index is 0.303. The molecule has 5 aromatic rings. The molecule has 13 heteroatoms. The summed E-state index contributed by atoms with van der Waals surface area (Å²) in [6, 6.07) is 12.2. The van der Waals surface area contributed by atoms with Crippen LogP contribution < -0.4 is 9.80 Å². The van der Waals surface area contributed by atoms with Gasteiger partial charge in [-0.3, -0.25) is 4.40 Å². The predicted octanol–water partition coefficient (Wildman–Crippen LogP) is 6.31. The van der Waals surface area contributed by atoms with Crippen LogP contribution >= 0.6 is 11.3 Å². The third-order valence-corrected chi connectivity index (χ3v) is 8.66. The molecule has 0 saturated carbocycles. The Bertz CT molecular complexity index is 1920. The lowest BCUT2D eigenvalue weighted by Crippen LogP contribution is -2.50. The van der Waals surface area contributed by atoms with E-state index in [1.807, 2.05) is 62.4 Å². The van der Waals surface area contributed by atoms with Crippen molar-refractivity contribution in [3.05, 3.63) is 71.4 Å². The fraction of sp³-hybridized carbons (Fsp3) is 0.333. The molecule has 1 aromatic carbocycles. The molecule has 1 amide bonds. The van der Waals surface area contributed by atoms with Crippen LogP contribution in [0.3, 0.4) is 0 Å². The first-order valence-corrected chi connectivity index (χ1v) is 15.8. The largest absolute Gasteiger partial charge is 0.444 e. The number of aryl methyl sites for hydroxylation is 1. The smallest absolute Gasteiger partial charge is 0.410 e. The second-order valence-electron chi connectivity index (χ2n) is 12.0. The van der Waals surface area contributed by atoms with E-state index in [0.717, 1.165) is 28.3 Å². The maximum absolute atomic E-state index is 13.5. The van der Waals surface area contributed by atoms with Crippen molar-refractivity contribution in [1.82, 2.24) is 29.2 Å². The number of aromatic nitrogens is 5. The average molecular weight is 640 g/mol. The number of hydrogen-bond donors (Lipinski definition) is 0. The molecule has 6 rings (SSSR count). The number of hydrogen-bond acceptors (Lipinski definition) is 10. The lowest BCUT2D eigenvalue weighted by molar-refractivity contribution is 0.0240. The zero-order valence-corrected chi connectivity index (χ0v) is 27.2. The third-order valence-electron chi connectivity index (χ3n) is 7.62. The number of fused-ring (bicyclic) bond motifs is 1. The first-order valence-electron chi connectivity index (χ1n) is 15.0. The number of pyridine rings is 1. The summed E-state index contributed by atoms with van der Waals surface area (Å²) in [4.78, 5) is 37.6. The number of piperazine rings is 1. The molecule has 0 bridgehead atoms.